The monoisotopic (exact) mass is 365 g/mol. The molecular weight excluding hydrogens is 350 g/mol. The molecule has 126 valence electrons. The molecular formula is C16H15NO5S2. The zero-order valence-electron chi connectivity index (χ0n) is 12.9. The van der Waals surface area contributed by atoms with Crippen LogP contribution < -0.4 is 0 Å². The van der Waals surface area contributed by atoms with Crippen LogP contribution >= 0.6 is 11.3 Å². The van der Waals surface area contributed by atoms with E-state index in [0.717, 1.165) is 28.7 Å². The van der Waals surface area contributed by atoms with Crippen LogP contribution in [0.5, 0.6) is 0 Å². The van der Waals surface area contributed by atoms with Crippen LogP contribution in [0.3, 0.4) is 0 Å². The Morgan fingerprint density at radius 2 is 1.92 bits per heavy atom. The number of benzene rings is 1. The molecule has 0 aliphatic carbocycles. The molecule has 1 aromatic heterocycles. The fraction of sp³-hybridized carbons (Fsp3) is 0.250. The molecule has 2 heterocycles. The molecule has 0 atom stereocenters. The molecule has 8 heteroatoms. The van der Waals surface area contributed by atoms with Gasteiger partial charge < -0.3 is 10.0 Å². The van der Waals surface area contributed by atoms with Crippen molar-refractivity contribution in [2.24, 2.45) is 0 Å². The molecule has 0 fully saturated rings. The molecule has 1 N–H and O–H groups in total. The van der Waals surface area contributed by atoms with Gasteiger partial charge in [0.1, 0.15) is 4.21 Å². The van der Waals surface area contributed by atoms with E-state index in [1.165, 1.54) is 6.07 Å². The molecule has 0 spiro atoms. The van der Waals surface area contributed by atoms with Crippen LogP contribution in [0.4, 0.5) is 0 Å². The van der Waals surface area contributed by atoms with E-state index in [1.807, 2.05) is 0 Å². The maximum atomic E-state index is 12.6. The SMILES string of the molecule is CS(=O)(=O)c1cc(C(=O)N2CCc3ccc(C(=O)O)cc3C2)cs1. The lowest BCUT2D eigenvalue weighted by molar-refractivity contribution is 0.0696. The van der Waals surface area contributed by atoms with Crippen molar-refractivity contribution in [2.45, 2.75) is 17.2 Å². The summed E-state index contributed by atoms with van der Waals surface area (Å²) in [5, 5.41) is 10.6. The third-order valence-corrected chi connectivity index (χ3v) is 6.71. The smallest absolute Gasteiger partial charge is 0.335 e. The first-order valence-electron chi connectivity index (χ1n) is 7.18. The number of thiophene rings is 1. The van der Waals surface area contributed by atoms with E-state index in [9.17, 15) is 18.0 Å². The molecule has 3 rings (SSSR count). The highest BCUT2D eigenvalue weighted by molar-refractivity contribution is 7.92. The van der Waals surface area contributed by atoms with Gasteiger partial charge in [0.15, 0.2) is 9.84 Å². The number of hydrogen-bond donors (Lipinski definition) is 1. The number of hydrogen-bond acceptors (Lipinski definition) is 5. The average molecular weight is 365 g/mol. The van der Waals surface area contributed by atoms with Gasteiger partial charge in [0.25, 0.3) is 5.91 Å². The Morgan fingerprint density at radius 3 is 2.54 bits per heavy atom. The number of carboxylic acids is 1. The Hall–Kier alpha value is -2.19. The van der Waals surface area contributed by atoms with Gasteiger partial charge in [-0.25, -0.2) is 13.2 Å². The molecule has 0 saturated heterocycles. The molecule has 2 aromatic rings. The van der Waals surface area contributed by atoms with Gasteiger partial charge in [0.2, 0.25) is 0 Å². The highest BCUT2D eigenvalue weighted by Crippen LogP contribution is 2.25. The normalized spacial score (nSPS) is 14.3. The second kappa shape index (κ2) is 6.03. The minimum atomic E-state index is -3.33. The zero-order chi connectivity index (χ0) is 17.5. The first-order valence-corrected chi connectivity index (χ1v) is 9.96. The summed E-state index contributed by atoms with van der Waals surface area (Å²) in [6.45, 7) is 0.835. The van der Waals surface area contributed by atoms with Crippen LogP contribution in [0.2, 0.25) is 0 Å². The maximum absolute atomic E-state index is 12.6. The van der Waals surface area contributed by atoms with Crippen LogP contribution in [0, 0.1) is 0 Å². The van der Waals surface area contributed by atoms with Gasteiger partial charge in [-0.2, -0.15) is 0 Å². The van der Waals surface area contributed by atoms with Crippen molar-refractivity contribution in [3.63, 3.8) is 0 Å². The van der Waals surface area contributed by atoms with E-state index in [-0.39, 0.29) is 15.7 Å². The largest absolute Gasteiger partial charge is 0.478 e. The van der Waals surface area contributed by atoms with Crippen molar-refractivity contribution in [1.82, 2.24) is 4.90 Å². The summed E-state index contributed by atoms with van der Waals surface area (Å²) >= 11 is 1.03. The van der Waals surface area contributed by atoms with Crippen LogP contribution in [0.25, 0.3) is 0 Å². The number of rotatable bonds is 3. The lowest BCUT2D eigenvalue weighted by atomic mass is 9.97. The molecule has 24 heavy (non-hydrogen) atoms. The standard InChI is InChI=1S/C16H15NO5S2/c1-24(21,22)14-7-13(9-23-14)15(18)17-5-4-10-2-3-11(16(19)20)6-12(10)8-17/h2-3,6-7,9H,4-5,8H2,1H3,(H,19,20). The summed E-state index contributed by atoms with van der Waals surface area (Å²) in [6.07, 6.45) is 1.75. The second-order valence-corrected chi connectivity index (χ2v) is 8.85. The molecule has 1 aliphatic heterocycles. The molecule has 0 bridgehead atoms. The number of nitrogens with zero attached hydrogens (tertiary/aromatic N) is 1. The Morgan fingerprint density at radius 1 is 1.17 bits per heavy atom. The van der Waals surface area contributed by atoms with Gasteiger partial charge >= 0.3 is 5.97 Å². The summed E-state index contributed by atoms with van der Waals surface area (Å²) < 4.78 is 23.2. The topological polar surface area (TPSA) is 91.8 Å². The fourth-order valence-electron chi connectivity index (χ4n) is 2.67. The maximum Gasteiger partial charge on any atom is 0.335 e. The van der Waals surface area contributed by atoms with Gasteiger partial charge in [-0.1, -0.05) is 6.07 Å². The third kappa shape index (κ3) is 3.20. The number of carboxylic acid groups (broad SMARTS) is 1. The Balaban J connectivity index is 1.84. The Bertz CT molecular complexity index is 930. The lowest BCUT2D eigenvalue weighted by Gasteiger charge is -2.29. The first kappa shape index (κ1) is 16.7. The van der Waals surface area contributed by atoms with Crippen LogP contribution in [-0.4, -0.2) is 43.1 Å². The number of carbonyl (C=O) groups is 2. The number of aromatic carboxylic acids is 1. The van der Waals surface area contributed by atoms with E-state index in [1.54, 1.807) is 28.5 Å². The molecule has 6 nitrogen and oxygen atoms in total. The number of amides is 1. The van der Waals surface area contributed by atoms with Gasteiger partial charge in [0, 0.05) is 24.7 Å². The molecule has 1 aromatic carbocycles. The predicted octanol–water partition coefficient (Wildman–Crippen LogP) is 2.05. The lowest BCUT2D eigenvalue weighted by Crippen LogP contribution is -2.35. The van der Waals surface area contributed by atoms with Gasteiger partial charge in [-0.3, -0.25) is 4.79 Å². The summed E-state index contributed by atoms with van der Waals surface area (Å²) in [5.41, 5.74) is 2.38. The summed E-state index contributed by atoms with van der Waals surface area (Å²) in [6, 6.07) is 6.33. The first-order chi connectivity index (χ1) is 11.3. The van der Waals surface area contributed by atoms with Gasteiger partial charge in [-0.05, 0) is 35.7 Å². The van der Waals surface area contributed by atoms with Crippen molar-refractivity contribution in [1.29, 1.82) is 0 Å². The van der Waals surface area contributed by atoms with Gasteiger partial charge in [-0.15, -0.1) is 11.3 Å². The zero-order valence-corrected chi connectivity index (χ0v) is 14.5. The number of sulfone groups is 1. The van der Waals surface area contributed by atoms with Crippen molar-refractivity contribution >= 4 is 33.1 Å². The molecule has 0 saturated carbocycles. The van der Waals surface area contributed by atoms with Crippen molar-refractivity contribution < 1.29 is 23.1 Å². The number of fused-ring (bicyclic) bond motifs is 1. The van der Waals surface area contributed by atoms with Crippen LogP contribution in [0.15, 0.2) is 33.9 Å². The Kier molecular flexibility index (Phi) is 4.18. The second-order valence-electron chi connectivity index (χ2n) is 5.69. The molecule has 0 unspecified atom stereocenters. The number of carbonyl (C=O) groups excluding carboxylic acids is 1. The highest BCUT2D eigenvalue weighted by Gasteiger charge is 2.24. The predicted molar refractivity (Wildman–Crippen MR) is 89.3 cm³/mol. The van der Waals surface area contributed by atoms with E-state index >= 15 is 0 Å². The van der Waals surface area contributed by atoms with Crippen LogP contribution in [0.1, 0.15) is 31.8 Å². The fourth-order valence-corrected chi connectivity index (χ4v) is 4.46. The highest BCUT2D eigenvalue weighted by atomic mass is 32.2. The van der Waals surface area contributed by atoms with E-state index in [0.29, 0.717) is 25.1 Å². The summed E-state index contributed by atoms with van der Waals surface area (Å²) in [7, 11) is -3.33. The van der Waals surface area contributed by atoms with E-state index < -0.39 is 15.8 Å². The minimum absolute atomic E-state index is 0.163. The van der Waals surface area contributed by atoms with Crippen molar-refractivity contribution in [3.8, 4) is 0 Å². The van der Waals surface area contributed by atoms with Gasteiger partial charge in [0.05, 0.1) is 11.1 Å². The summed E-state index contributed by atoms with van der Waals surface area (Å²) in [5.74, 6) is -1.25. The molecule has 1 aliphatic rings. The summed E-state index contributed by atoms with van der Waals surface area (Å²) in [4.78, 5) is 25.3. The van der Waals surface area contributed by atoms with E-state index in [2.05, 4.69) is 0 Å². The molecule has 0 radical (unpaired) electrons. The quantitative estimate of drug-likeness (QED) is 0.899. The molecule has 1 amide bonds. The van der Waals surface area contributed by atoms with E-state index in [4.69, 9.17) is 5.11 Å². The minimum Gasteiger partial charge on any atom is -0.478 e. The van der Waals surface area contributed by atoms with Crippen LogP contribution in [-0.2, 0) is 22.8 Å². The van der Waals surface area contributed by atoms with Crippen molar-refractivity contribution in [2.75, 3.05) is 12.8 Å². The van der Waals surface area contributed by atoms with Crippen molar-refractivity contribution in [3.05, 3.63) is 51.9 Å². The average Bonchev–Trinajstić information content (AvgIpc) is 3.03. The third-order valence-electron chi connectivity index (χ3n) is 3.94. The Labute approximate surface area is 143 Å².